The molecule has 3 rings (SSSR count). The van der Waals surface area contributed by atoms with E-state index < -0.39 is 15.4 Å². The van der Waals surface area contributed by atoms with E-state index in [0.717, 1.165) is 5.39 Å². The van der Waals surface area contributed by atoms with E-state index in [4.69, 9.17) is 0 Å². The number of aliphatic hydroxyl groups excluding tert-OH is 1. The van der Waals surface area contributed by atoms with E-state index in [1.165, 1.54) is 0 Å². The highest BCUT2D eigenvalue weighted by Gasteiger charge is 2.26. The van der Waals surface area contributed by atoms with Crippen LogP contribution in [0.4, 0.5) is 11.4 Å². The molecule has 7 heteroatoms. The molecule has 0 heterocycles. The van der Waals surface area contributed by atoms with Gasteiger partial charge >= 0.3 is 0 Å². The van der Waals surface area contributed by atoms with Crippen LogP contribution < -0.4 is 10.0 Å². The van der Waals surface area contributed by atoms with E-state index >= 15 is 0 Å². The van der Waals surface area contributed by atoms with E-state index in [9.17, 15) is 18.3 Å². The summed E-state index contributed by atoms with van der Waals surface area (Å²) < 4.78 is 28.2. The number of hydrogen-bond acceptors (Lipinski definition) is 4. The highest BCUT2D eigenvalue weighted by atomic mass is 32.2. The molecule has 0 saturated heterocycles. The van der Waals surface area contributed by atoms with Crippen LogP contribution in [0.2, 0.25) is 0 Å². The highest BCUT2D eigenvalue weighted by Crippen LogP contribution is 2.26. The normalized spacial score (nSPS) is 12.0. The second-order valence-corrected chi connectivity index (χ2v) is 8.81. The van der Waals surface area contributed by atoms with Crippen molar-refractivity contribution >= 4 is 38.1 Å². The van der Waals surface area contributed by atoms with Crippen molar-refractivity contribution in [1.29, 1.82) is 0 Å². The Bertz CT molecular complexity index is 1100. The summed E-state index contributed by atoms with van der Waals surface area (Å²) in [6.07, 6.45) is 0. The molecule has 0 aliphatic heterocycles. The Labute approximate surface area is 164 Å². The Morgan fingerprint density at radius 2 is 1.54 bits per heavy atom. The number of carbonyl (C=O) groups is 1. The van der Waals surface area contributed by atoms with Crippen molar-refractivity contribution in [3.63, 3.8) is 0 Å². The van der Waals surface area contributed by atoms with Crippen LogP contribution in [0.3, 0.4) is 0 Å². The fraction of sp³-hybridized carbons (Fsp3) is 0.190. The number of nitrogens with one attached hydrogen (secondary N) is 2. The molecule has 0 aliphatic carbocycles. The quantitative estimate of drug-likeness (QED) is 0.591. The molecule has 6 nitrogen and oxygen atoms in total. The van der Waals surface area contributed by atoms with Gasteiger partial charge in [0.2, 0.25) is 5.91 Å². The Morgan fingerprint density at radius 3 is 2.21 bits per heavy atom. The minimum absolute atomic E-state index is 0.202. The predicted octanol–water partition coefficient (Wildman–Crippen LogP) is 3.60. The zero-order chi connectivity index (χ0) is 20.4. The lowest BCUT2D eigenvalue weighted by molar-refractivity contribution is -0.125. The molecule has 0 radical (unpaired) electrons. The third-order valence-corrected chi connectivity index (χ3v) is 5.88. The minimum Gasteiger partial charge on any atom is -0.395 e. The van der Waals surface area contributed by atoms with Gasteiger partial charge in [0.15, 0.2) is 0 Å². The molecule has 28 heavy (non-hydrogen) atoms. The maximum Gasteiger partial charge on any atom is 0.262 e. The van der Waals surface area contributed by atoms with Crippen molar-refractivity contribution in [1.82, 2.24) is 0 Å². The number of rotatable bonds is 6. The molecule has 3 aromatic carbocycles. The first kappa shape index (κ1) is 19.9. The topological polar surface area (TPSA) is 95.5 Å². The summed E-state index contributed by atoms with van der Waals surface area (Å²) in [6.45, 7) is 2.99. The van der Waals surface area contributed by atoms with Crippen LogP contribution in [0, 0.1) is 5.41 Å². The van der Waals surface area contributed by atoms with Crippen LogP contribution in [-0.2, 0) is 14.8 Å². The number of amides is 1. The van der Waals surface area contributed by atoms with Crippen molar-refractivity contribution in [3.05, 3.63) is 66.7 Å². The number of benzene rings is 3. The van der Waals surface area contributed by atoms with E-state index in [1.807, 2.05) is 18.2 Å². The first-order chi connectivity index (χ1) is 13.2. The molecule has 0 fully saturated rings. The van der Waals surface area contributed by atoms with Gasteiger partial charge in [-0.1, -0.05) is 36.4 Å². The summed E-state index contributed by atoms with van der Waals surface area (Å²) in [5.74, 6) is -0.320. The molecular weight excluding hydrogens is 376 g/mol. The second-order valence-electron chi connectivity index (χ2n) is 7.16. The smallest absolute Gasteiger partial charge is 0.262 e. The average Bonchev–Trinajstić information content (AvgIpc) is 2.68. The van der Waals surface area contributed by atoms with Gasteiger partial charge in [-0.3, -0.25) is 9.52 Å². The summed E-state index contributed by atoms with van der Waals surface area (Å²) in [6, 6.07) is 18.8. The summed E-state index contributed by atoms with van der Waals surface area (Å²) in [4.78, 5) is 12.3. The molecule has 0 aliphatic rings. The number of carbonyl (C=O) groups excluding carboxylic acids is 1. The highest BCUT2D eigenvalue weighted by molar-refractivity contribution is 7.93. The molecule has 1 amide bonds. The van der Waals surface area contributed by atoms with Gasteiger partial charge in [-0.15, -0.1) is 0 Å². The first-order valence-corrected chi connectivity index (χ1v) is 10.2. The van der Waals surface area contributed by atoms with Crippen LogP contribution in [-0.4, -0.2) is 26.0 Å². The number of sulfonamides is 1. The van der Waals surface area contributed by atoms with Crippen molar-refractivity contribution in [2.45, 2.75) is 18.7 Å². The molecule has 0 aromatic heterocycles. The van der Waals surface area contributed by atoms with Crippen LogP contribution in [0.5, 0.6) is 0 Å². The van der Waals surface area contributed by atoms with Crippen molar-refractivity contribution in [3.8, 4) is 0 Å². The van der Waals surface area contributed by atoms with E-state index in [1.54, 1.807) is 62.4 Å². The second kappa shape index (κ2) is 7.61. The molecule has 3 aromatic rings. The summed E-state index contributed by atoms with van der Waals surface area (Å²) in [7, 11) is -3.77. The minimum atomic E-state index is -3.77. The van der Waals surface area contributed by atoms with Gasteiger partial charge in [0, 0.05) is 16.8 Å². The SMILES string of the molecule is CC(C)(CO)C(=O)Nc1ccc(NS(=O)(=O)c2cccc3ccccc23)cc1. The Morgan fingerprint density at radius 1 is 0.929 bits per heavy atom. The third-order valence-electron chi connectivity index (χ3n) is 4.44. The first-order valence-electron chi connectivity index (χ1n) is 8.76. The maximum atomic E-state index is 12.8. The molecule has 0 saturated carbocycles. The summed E-state index contributed by atoms with van der Waals surface area (Å²) >= 11 is 0. The van der Waals surface area contributed by atoms with Crippen molar-refractivity contribution in [2.75, 3.05) is 16.6 Å². The maximum absolute atomic E-state index is 12.8. The molecule has 0 atom stereocenters. The molecule has 146 valence electrons. The van der Waals surface area contributed by atoms with Crippen molar-refractivity contribution in [2.24, 2.45) is 5.41 Å². The summed E-state index contributed by atoms with van der Waals surface area (Å²) in [5, 5.41) is 13.5. The van der Waals surface area contributed by atoms with Crippen LogP contribution in [0.25, 0.3) is 10.8 Å². The molecular formula is C21H22N2O4S. The average molecular weight is 398 g/mol. The lowest BCUT2D eigenvalue weighted by Gasteiger charge is -2.20. The fourth-order valence-corrected chi connectivity index (χ4v) is 3.92. The van der Waals surface area contributed by atoms with Crippen LogP contribution in [0.1, 0.15) is 13.8 Å². The zero-order valence-corrected chi connectivity index (χ0v) is 16.5. The molecule has 0 unspecified atom stereocenters. The third kappa shape index (κ3) is 4.16. The van der Waals surface area contributed by atoms with Gasteiger partial charge in [0.25, 0.3) is 10.0 Å². The van der Waals surface area contributed by atoms with Crippen LogP contribution >= 0.6 is 0 Å². The van der Waals surface area contributed by atoms with Gasteiger partial charge in [0.05, 0.1) is 16.9 Å². The van der Waals surface area contributed by atoms with Crippen molar-refractivity contribution < 1.29 is 18.3 Å². The van der Waals surface area contributed by atoms with E-state index in [-0.39, 0.29) is 17.4 Å². The largest absolute Gasteiger partial charge is 0.395 e. The fourth-order valence-electron chi connectivity index (χ4n) is 2.63. The molecule has 0 bridgehead atoms. The molecule has 0 spiro atoms. The van der Waals surface area contributed by atoms with Gasteiger partial charge < -0.3 is 10.4 Å². The lowest BCUT2D eigenvalue weighted by Crippen LogP contribution is -2.33. The standard InChI is InChI=1S/C21H22N2O4S/c1-21(2,14-24)20(25)22-16-10-12-17(13-11-16)23-28(26,27)19-9-5-7-15-6-3-4-8-18(15)19/h3-13,23-24H,14H2,1-2H3,(H,22,25). The molecule has 3 N–H and O–H groups in total. The number of aliphatic hydroxyl groups is 1. The number of hydrogen-bond donors (Lipinski definition) is 3. The predicted molar refractivity (Wildman–Crippen MR) is 111 cm³/mol. The van der Waals surface area contributed by atoms with Gasteiger partial charge in [-0.25, -0.2) is 8.42 Å². The zero-order valence-electron chi connectivity index (χ0n) is 15.6. The van der Waals surface area contributed by atoms with Gasteiger partial charge in [0.1, 0.15) is 0 Å². The van der Waals surface area contributed by atoms with Gasteiger partial charge in [-0.2, -0.15) is 0 Å². The lowest BCUT2D eigenvalue weighted by atomic mass is 9.93. The van der Waals surface area contributed by atoms with Crippen LogP contribution in [0.15, 0.2) is 71.6 Å². The van der Waals surface area contributed by atoms with Gasteiger partial charge in [-0.05, 0) is 49.6 Å². The summed E-state index contributed by atoms with van der Waals surface area (Å²) in [5.41, 5.74) is -0.0128. The Balaban J connectivity index is 1.81. The Kier molecular flexibility index (Phi) is 5.40. The van der Waals surface area contributed by atoms with E-state index in [2.05, 4.69) is 10.0 Å². The number of fused-ring (bicyclic) bond motifs is 1. The Hall–Kier alpha value is -2.90. The number of anilines is 2. The monoisotopic (exact) mass is 398 g/mol. The van der Waals surface area contributed by atoms with E-state index in [0.29, 0.717) is 16.8 Å².